The molecule has 112 valence electrons. The molecule has 0 aromatic heterocycles. The van der Waals surface area contributed by atoms with Gasteiger partial charge in [0.15, 0.2) is 0 Å². The monoisotopic (exact) mass is 277 g/mol. The molecule has 0 aliphatic heterocycles. The van der Waals surface area contributed by atoms with Gasteiger partial charge in [0.05, 0.1) is 6.04 Å². The van der Waals surface area contributed by atoms with Gasteiger partial charge in [-0.3, -0.25) is 9.69 Å². The van der Waals surface area contributed by atoms with Crippen LogP contribution >= 0.6 is 0 Å². The first kappa shape index (κ1) is 16.5. The van der Waals surface area contributed by atoms with E-state index in [0.717, 1.165) is 24.3 Å². The Morgan fingerprint density at radius 1 is 1.35 bits per heavy atom. The summed E-state index contributed by atoms with van der Waals surface area (Å²) in [7, 11) is 0. The number of likely N-dealkylation sites (N-methyl/N-ethyl adjacent to an activating group) is 1. The van der Waals surface area contributed by atoms with E-state index in [9.17, 15) is 4.79 Å². The fourth-order valence-electron chi connectivity index (χ4n) is 2.22. The van der Waals surface area contributed by atoms with Crippen LogP contribution in [0.2, 0.25) is 0 Å². The van der Waals surface area contributed by atoms with E-state index in [1.807, 2.05) is 32.0 Å². The summed E-state index contributed by atoms with van der Waals surface area (Å²) in [5, 5.41) is 2.98. The van der Waals surface area contributed by atoms with Gasteiger partial charge in [0.1, 0.15) is 0 Å². The van der Waals surface area contributed by atoms with Gasteiger partial charge < -0.3 is 11.1 Å². The zero-order valence-electron chi connectivity index (χ0n) is 13.2. The molecule has 4 nitrogen and oxygen atoms in total. The van der Waals surface area contributed by atoms with Gasteiger partial charge in [-0.1, -0.05) is 26.8 Å². The first-order chi connectivity index (χ1) is 9.36. The van der Waals surface area contributed by atoms with E-state index >= 15 is 0 Å². The number of nitrogens with zero attached hydrogens (tertiary/aromatic N) is 1. The number of carbonyl (C=O) groups excluding carboxylic acids is 1. The van der Waals surface area contributed by atoms with E-state index in [2.05, 4.69) is 31.0 Å². The molecule has 0 saturated carbocycles. The number of rotatable bonds is 6. The van der Waals surface area contributed by atoms with Gasteiger partial charge in [0.2, 0.25) is 5.91 Å². The lowest BCUT2D eigenvalue weighted by molar-refractivity contribution is -0.120. The van der Waals surface area contributed by atoms with E-state index in [-0.39, 0.29) is 11.9 Å². The molecule has 0 bridgehead atoms. The third-order valence-electron chi connectivity index (χ3n) is 3.57. The average molecular weight is 277 g/mol. The summed E-state index contributed by atoms with van der Waals surface area (Å²) < 4.78 is 0. The van der Waals surface area contributed by atoms with Crippen LogP contribution in [-0.2, 0) is 4.79 Å². The molecule has 3 N–H and O–H groups in total. The van der Waals surface area contributed by atoms with Gasteiger partial charge in [-0.15, -0.1) is 0 Å². The van der Waals surface area contributed by atoms with Gasteiger partial charge in [0, 0.05) is 17.9 Å². The Hall–Kier alpha value is -1.55. The van der Waals surface area contributed by atoms with Crippen molar-refractivity contribution in [1.29, 1.82) is 0 Å². The standard InChI is InChI=1S/C16H27N3O/c1-6-19(10-11(2)3)13(5)16(20)18-15-9-7-8-14(17)12(15)4/h7-9,11,13H,6,10,17H2,1-5H3,(H,18,20). The number of hydrogen-bond donors (Lipinski definition) is 2. The fourth-order valence-corrected chi connectivity index (χ4v) is 2.22. The van der Waals surface area contributed by atoms with E-state index in [4.69, 9.17) is 5.73 Å². The fraction of sp³-hybridized carbons (Fsp3) is 0.562. The summed E-state index contributed by atoms with van der Waals surface area (Å²) in [4.78, 5) is 14.5. The minimum Gasteiger partial charge on any atom is -0.398 e. The second-order valence-electron chi connectivity index (χ2n) is 5.67. The zero-order valence-corrected chi connectivity index (χ0v) is 13.2. The Bertz CT molecular complexity index is 457. The molecule has 1 unspecified atom stereocenters. The third kappa shape index (κ3) is 4.23. The predicted octanol–water partition coefficient (Wildman–Crippen LogP) is 2.88. The van der Waals surface area contributed by atoms with Crippen molar-refractivity contribution in [3.05, 3.63) is 23.8 Å². The lowest BCUT2D eigenvalue weighted by atomic mass is 10.1. The highest BCUT2D eigenvalue weighted by atomic mass is 16.2. The van der Waals surface area contributed by atoms with E-state index in [1.165, 1.54) is 0 Å². The molecule has 1 rings (SSSR count). The topological polar surface area (TPSA) is 58.4 Å². The van der Waals surface area contributed by atoms with Crippen molar-refractivity contribution in [1.82, 2.24) is 4.90 Å². The van der Waals surface area contributed by atoms with Crippen molar-refractivity contribution in [2.75, 3.05) is 24.1 Å². The second kappa shape index (κ2) is 7.29. The van der Waals surface area contributed by atoms with Crippen LogP contribution in [0, 0.1) is 12.8 Å². The Morgan fingerprint density at radius 3 is 2.55 bits per heavy atom. The van der Waals surface area contributed by atoms with Crippen LogP contribution in [0.3, 0.4) is 0 Å². The van der Waals surface area contributed by atoms with Crippen molar-refractivity contribution in [3.63, 3.8) is 0 Å². The Kier molecular flexibility index (Phi) is 6.02. The lowest BCUT2D eigenvalue weighted by Crippen LogP contribution is -2.43. The average Bonchev–Trinajstić information content (AvgIpc) is 2.40. The maximum Gasteiger partial charge on any atom is 0.241 e. The number of nitrogen functional groups attached to an aromatic ring is 1. The molecule has 0 saturated heterocycles. The maximum absolute atomic E-state index is 12.4. The second-order valence-corrected chi connectivity index (χ2v) is 5.67. The number of nitrogens with two attached hydrogens (primary N) is 1. The number of benzene rings is 1. The van der Waals surface area contributed by atoms with E-state index in [0.29, 0.717) is 11.6 Å². The molecule has 0 fully saturated rings. The molecule has 4 heteroatoms. The van der Waals surface area contributed by atoms with Crippen LogP contribution in [0.1, 0.15) is 33.3 Å². The lowest BCUT2D eigenvalue weighted by Gasteiger charge is -2.28. The highest BCUT2D eigenvalue weighted by Gasteiger charge is 2.21. The number of anilines is 2. The van der Waals surface area contributed by atoms with Crippen LogP contribution in [0.25, 0.3) is 0 Å². The Balaban J connectivity index is 2.76. The van der Waals surface area contributed by atoms with Gasteiger partial charge in [0.25, 0.3) is 0 Å². The van der Waals surface area contributed by atoms with Crippen molar-refractivity contribution in [2.24, 2.45) is 5.92 Å². The summed E-state index contributed by atoms with van der Waals surface area (Å²) in [6.45, 7) is 12.1. The number of nitrogens with one attached hydrogen (secondary N) is 1. The van der Waals surface area contributed by atoms with Gasteiger partial charge in [-0.25, -0.2) is 0 Å². The van der Waals surface area contributed by atoms with Crippen LogP contribution in [0.15, 0.2) is 18.2 Å². The molecule has 20 heavy (non-hydrogen) atoms. The van der Waals surface area contributed by atoms with Crippen LogP contribution in [-0.4, -0.2) is 29.9 Å². The van der Waals surface area contributed by atoms with E-state index < -0.39 is 0 Å². The van der Waals surface area contributed by atoms with E-state index in [1.54, 1.807) is 0 Å². The first-order valence-corrected chi connectivity index (χ1v) is 7.26. The molecule has 1 amide bonds. The molecule has 1 atom stereocenters. The number of amides is 1. The molecule has 0 radical (unpaired) electrons. The van der Waals surface area contributed by atoms with Crippen molar-refractivity contribution in [2.45, 2.75) is 40.7 Å². The van der Waals surface area contributed by atoms with Gasteiger partial charge in [-0.2, -0.15) is 0 Å². The molecular formula is C16H27N3O. The highest BCUT2D eigenvalue weighted by Crippen LogP contribution is 2.21. The summed E-state index contributed by atoms with van der Waals surface area (Å²) >= 11 is 0. The van der Waals surface area contributed by atoms with Crippen LogP contribution in [0.4, 0.5) is 11.4 Å². The predicted molar refractivity (Wildman–Crippen MR) is 85.8 cm³/mol. The highest BCUT2D eigenvalue weighted by molar-refractivity contribution is 5.95. The van der Waals surface area contributed by atoms with Crippen LogP contribution < -0.4 is 11.1 Å². The molecular weight excluding hydrogens is 250 g/mol. The Morgan fingerprint density at radius 2 is 2.00 bits per heavy atom. The first-order valence-electron chi connectivity index (χ1n) is 7.26. The minimum atomic E-state index is -0.150. The molecule has 0 heterocycles. The third-order valence-corrected chi connectivity index (χ3v) is 3.57. The quantitative estimate of drug-likeness (QED) is 0.786. The molecule has 0 aliphatic rings. The molecule has 1 aromatic rings. The zero-order chi connectivity index (χ0) is 15.3. The molecule has 1 aromatic carbocycles. The minimum absolute atomic E-state index is 0.0150. The molecule has 0 spiro atoms. The van der Waals surface area contributed by atoms with Gasteiger partial charge >= 0.3 is 0 Å². The smallest absolute Gasteiger partial charge is 0.241 e. The summed E-state index contributed by atoms with van der Waals surface area (Å²) in [5.41, 5.74) is 8.27. The SMILES string of the molecule is CCN(CC(C)C)C(C)C(=O)Nc1cccc(N)c1C. The number of hydrogen-bond acceptors (Lipinski definition) is 3. The van der Waals surface area contributed by atoms with Crippen molar-refractivity contribution >= 4 is 17.3 Å². The Labute approximate surface area is 122 Å². The summed E-state index contributed by atoms with van der Waals surface area (Å²) in [6, 6.07) is 5.43. The molecule has 0 aliphatic carbocycles. The normalized spacial score (nSPS) is 12.8. The summed E-state index contributed by atoms with van der Waals surface area (Å²) in [5.74, 6) is 0.556. The van der Waals surface area contributed by atoms with Crippen LogP contribution in [0.5, 0.6) is 0 Å². The van der Waals surface area contributed by atoms with Crippen molar-refractivity contribution in [3.8, 4) is 0 Å². The van der Waals surface area contributed by atoms with Crippen molar-refractivity contribution < 1.29 is 4.79 Å². The summed E-state index contributed by atoms with van der Waals surface area (Å²) in [6.07, 6.45) is 0. The largest absolute Gasteiger partial charge is 0.398 e. The number of carbonyl (C=O) groups is 1. The maximum atomic E-state index is 12.4. The van der Waals surface area contributed by atoms with Gasteiger partial charge in [-0.05, 0) is 44.0 Å².